The molecule has 2 aromatic rings. The Morgan fingerprint density at radius 1 is 1.00 bits per heavy atom. The molecule has 1 amide bonds. The Bertz CT molecular complexity index is 1690. The van der Waals surface area contributed by atoms with Crippen LogP contribution in [0, 0.1) is 16.6 Å². The van der Waals surface area contributed by atoms with E-state index in [1.54, 1.807) is 19.7 Å². The molecule has 0 radical (unpaired) electrons. The molecule has 4 fully saturated rings. The van der Waals surface area contributed by atoms with Crippen molar-refractivity contribution in [1.82, 2.24) is 33.7 Å². The maximum Gasteiger partial charge on any atom is 0.282 e. The number of hydrogen-bond donors (Lipinski definition) is 1. The molecule has 15 heteroatoms. The highest BCUT2D eigenvalue weighted by atomic mass is 35.5. The zero-order valence-electron chi connectivity index (χ0n) is 29.5. The van der Waals surface area contributed by atoms with E-state index in [1.807, 2.05) is 27.7 Å². The second kappa shape index (κ2) is 14.3. The number of hydrogen-bond acceptors (Lipinski definition) is 9. The van der Waals surface area contributed by atoms with E-state index < -0.39 is 16.0 Å². The molecule has 5 aliphatic heterocycles. The molecule has 4 saturated heterocycles. The summed E-state index contributed by atoms with van der Waals surface area (Å²) in [6.45, 7) is 16.5. The third kappa shape index (κ3) is 7.11. The zero-order valence-corrected chi connectivity index (χ0v) is 31.1. The van der Waals surface area contributed by atoms with Gasteiger partial charge in [-0.15, -0.1) is 12.4 Å². The Labute approximate surface area is 301 Å². The van der Waals surface area contributed by atoms with Crippen molar-refractivity contribution in [1.29, 1.82) is 0 Å². The van der Waals surface area contributed by atoms with Gasteiger partial charge in [0.05, 0.1) is 11.8 Å². The summed E-state index contributed by atoms with van der Waals surface area (Å²) in [7, 11) is -3.38. The fraction of sp³-hybridized carbons (Fsp3) is 0.629. The number of carbonyl (C=O) groups excluding carboxylic acids is 1. The number of carbonyl (C=O) groups is 1. The van der Waals surface area contributed by atoms with E-state index in [-0.39, 0.29) is 52.5 Å². The van der Waals surface area contributed by atoms with E-state index in [4.69, 9.17) is 4.74 Å². The molecule has 5 aliphatic rings. The summed E-state index contributed by atoms with van der Waals surface area (Å²) in [6, 6.07) is 3.90. The molecule has 0 bridgehead atoms. The molecular formula is C35H50ClFN8O4S. The van der Waals surface area contributed by atoms with Crippen LogP contribution in [0.15, 0.2) is 42.4 Å². The zero-order chi connectivity index (χ0) is 34.6. The van der Waals surface area contributed by atoms with Gasteiger partial charge < -0.3 is 19.9 Å². The van der Waals surface area contributed by atoms with Crippen LogP contribution in [0.2, 0.25) is 0 Å². The summed E-state index contributed by atoms with van der Waals surface area (Å²) in [4.78, 5) is 28.7. The van der Waals surface area contributed by atoms with Crippen molar-refractivity contribution < 1.29 is 22.3 Å². The minimum Gasteiger partial charge on any atom is -0.451 e. The van der Waals surface area contributed by atoms with Gasteiger partial charge in [0.2, 0.25) is 0 Å². The highest BCUT2D eigenvalue weighted by Gasteiger charge is 2.53. The molecule has 6 heterocycles. The van der Waals surface area contributed by atoms with E-state index in [0.29, 0.717) is 37.7 Å². The molecule has 1 aromatic carbocycles. The van der Waals surface area contributed by atoms with Crippen molar-refractivity contribution in [2.45, 2.75) is 59.0 Å². The average Bonchev–Trinajstić information content (AvgIpc) is 3.00. The molecule has 7 rings (SSSR count). The smallest absolute Gasteiger partial charge is 0.282 e. The van der Waals surface area contributed by atoms with Crippen LogP contribution >= 0.6 is 12.4 Å². The van der Waals surface area contributed by atoms with Crippen LogP contribution in [0.3, 0.4) is 0 Å². The number of nitrogens with one attached hydrogen (secondary N) is 1. The topological polar surface area (TPSA) is 114 Å². The predicted molar refractivity (Wildman–Crippen MR) is 193 cm³/mol. The van der Waals surface area contributed by atoms with E-state index in [1.165, 1.54) is 30.1 Å². The first kappa shape index (κ1) is 36.9. The van der Waals surface area contributed by atoms with Gasteiger partial charge >= 0.3 is 0 Å². The van der Waals surface area contributed by atoms with Crippen LogP contribution in [-0.2, 0) is 10.2 Å². The first-order chi connectivity index (χ1) is 23.4. The number of anilines is 1. The standard InChI is InChI=1S/C35H49FN8O4S.ClH/c1-25(2)44(26(3)4)33(45)29-15-28(36)5-6-30(29)48-31-16-37-24-39-32(31)41-20-34(21-41)9-13-40(14-10-34)17-27-7-11-42(12-8-27)49(46,47)43-22-35(23-43)18-38-19-35;/h5-7,15-16,24-26,38H,8-14,17-23H2,1-4H3;1H. The van der Waals surface area contributed by atoms with E-state index in [0.717, 1.165) is 65.1 Å². The minimum atomic E-state index is -3.38. The van der Waals surface area contributed by atoms with Gasteiger partial charge in [-0.05, 0) is 78.2 Å². The Hall–Kier alpha value is -2.88. The number of benzene rings is 1. The molecule has 2 spiro atoms. The van der Waals surface area contributed by atoms with Gasteiger partial charge in [-0.2, -0.15) is 17.0 Å². The molecule has 0 aliphatic carbocycles. The Kier molecular flexibility index (Phi) is 10.5. The van der Waals surface area contributed by atoms with E-state index in [2.05, 4.69) is 31.2 Å². The normalized spacial score (nSPS) is 22.1. The monoisotopic (exact) mass is 732 g/mol. The summed E-state index contributed by atoms with van der Waals surface area (Å²) in [6.07, 6.45) is 8.15. The van der Waals surface area contributed by atoms with E-state index >= 15 is 0 Å². The first-order valence-corrected chi connectivity index (χ1v) is 19.0. The Balaban J connectivity index is 0.00000432. The van der Waals surface area contributed by atoms with Crippen LogP contribution in [0.1, 0.15) is 57.3 Å². The van der Waals surface area contributed by atoms with E-state index in [9.17, 15) is 17.6 Å². The third-order valence-corrected chi connectivity index (χ3v) is 12.9. The molecular weight excluding hydrogens is 683 g/mol. The molecule has 274 valence electrons. The fourth-order valence-electron chi connectivity index (χ4n) is 8.18. The van der Waals surface area contributed by atoms with Crippen molar-refractivity contribution in [2.24, 2.45) is 10.8 Å². The lowest BCUT2D eigenvalue weighted by Crippen LogP contribution is -2.73. The SMILES string of the molecule is CC(C)N(C(=O)c1cc(F)ccc1Oc1cncnc1N1CC2(CCN(CC3=CCN(S(=O)(=O)N4CC5(CNC5)C4)CC3)CC2)C1)C(C)C.Cl. The average molecular weight is 733 g/mol. The quantitative estimate of drug-likeness (QED) is 0.365. The van der Waals surface area contributed by atoms with Crippen LogP contribution in [0.25, 0.3) is 0 Å². The van der Waals surface area contributed by atoms with Crippen molar-refractivity contribution in [3.05, 3.63) is 53.8 Å². The van der Waals surface area contributed by atoms with Crippen LogP contribution < -0.4 is 15.0 Å². The van der Waals surface area contributed by atoms with Gasteiger partial charge in [-0.3, -0.25) is 9.69 Å². The summed E-state index contributed by atoms with van der Waals surface area (Å²) in [5.74, 6) is 0.589. The Morgan fingerprint density at radius 3 is 2.30 bits per heavy atom. The molecule has 1 aromatic heterocycles. The lowest BCUT2D eigenvalue weighted by atomic mass is 9.72. The third-order valence-electron chi connectivity index (χ3n) is 11.0. The number of ether oxygens (including phenoxy) is 1. The highest BCUT2D eigenvalue weighted by Crippen LogP contribution is 2.45. The van der Waals surface area contributed by atoms with Crippen LogP contribution in [0.4, 0.5) is 10.2 Å². The van der Waals surface area contributed by atoms with Gasteiger partial charge in [-0.1, -0.05) is 11.6 Å². The van der Waals surface area contributed by atoms with Crippen LogP contribution in [-0.4, -0.2) is 127 Å². The van der Waals surface area contributed by atoms with Crippen LogP contribution in [0.5, 0.6) is 11.5 Å². The lowest BCUT2D eigenvalue weighted by Gasteiger charge is -2.55. The first-order valence-electron chi connectivity index (χ1n) is 17.6. The minimum absolute atomic E-state index is 0. The number of amides is 1. The fourth-order valence-corrected chi connectivity index (χ4v) is 9.96. The molecule has 0 saturated carbocycles. The molecule has 50 heavy (non-hydrogen) atoms. The lowest BCUT2D eigenvalue weighted by molar-refractivity contribution is 0.0125. The largest absolute Gasteiger partial charge is 0.451 e. The van der Waals surface area contributed by atoms with Crippen molar-refractivity contribution in [3.8, 4) is 11.5 Å². The van der Waals surface area contributed by atoms with Gasteiger partial charge in [-0.25, -0.2) is 14.4 Å². The molecule has 1 N–H and O–H groups in total. The van der Waals surface area contributed by atoms with Crippen molar-refractivity contribution in [3.63, 3.8) is 0 Å². The number of aromatic nitrogens is 2. The van der Waals surface area contributed by atoms with Gasteiger partial charge in [0, 0.05) is 81.8 Å². The number of halogens is 2. The summed E-state index contributed by atoms with van der Waals surface area (Å²) < 4.78 is 50.2. The molecule has 0 unspecified atom stereocenters. The molecule has 0 atom stereocenters. The predicted octanol–water partition coefficient (Wildman–Crippen LogP) is 3.77. The second-order valence-electron chi connectivity index (χ2n) is 15.3. The Morgan fingerprint density at radius 2 is 1.70 bits per heavy atom. The highest BCUT2D eigenvalue weighted by molar-refractivity contribution is 7.86. The summed E-state index contributed by atoms with van der Waals surface area (Å²) >= 11 is 0. The van der Waals surface area contributed by atoms with Gasteiger partial charge in [0.15, 0.2) is 11.6 Å². The summed E-state index contributed by atoms with van der Waals surface area (Å²) in [5, 5.41) is 3.26. The summed E-state index contributed by atoms with van der Waals surface area (Å²) in [5.41, 5.74) is 1.87. The number of rotatable bonds is 10. The van der Waals surface area contributed by atoms with Gasteiger partial charge in [0.25, 0.3) is 16.1 Å². The van der Waals surface area contributed by atoms with Gasteiger partial charge in [0.1, 0.15) is 17.9 Å². The second-order valence-corrected chi connectivity index (χ2v) is 17.3. The molecule has 12 nitrogen and oxygen atoms in total. The number of piperidine rings is 1. The maximum absolute atomic E-state index is 14.4. The van der Waals surface area contributed by atoms with Crippen molar-refractivity contribution in [2.75, 3.05) is 76.9 Å². The number of nitrogens with zero attached hydrogens (tertiary/aromatic N) is 7. The maximum atomic E-state index is 14.4. The number of likely N-dealkylation sites (tertiary alicyclic amines) is 1. The van der Waals surface area contributed by atoms with Crippen molar-refractivity contribution >= 4 is 34.3 Å².